The molecule has 0 radical (unpaired) electrons. The molecule has 4 N–H and O–H groups in total. The SMILES string of the molecule is Cc1ccc2c(NCC[C@H](C)O)cccc2c1Oc1ncccc1-c1ccnc(N[C@H]2CCCN(C(=O)O)C2)n1. The average molecular weight is 543 g/mol. The van der Waals surface area contributed by atoms with E-state index in [1.807, 2.05) is 43.3 Å². The van der Waals surface area contributed by atoms with Crippen LogP contribution in [-0.2, 0) is 0 Å². The maximum absolute atomic E-state index is 11.4. The maximum Gasteiger partial charge on any atom is 0.407 e. The predicted molar refractivity (Wildman–Crippen MR) is 155 cm³/mol. The average Bonchev–Trinajstić information content (AvgIpc) is 2.95. The predicted octanol–water partition coefficient (Wildman–Crippen LogP) is 5.53. The minimum Gasteiger partial charge on any atom is -0.465 e. The van der Waals surface area contributed by atoms with Crippen LogP contribution in [0.4, 0.5) is 16.4 Å². The van der Waals surface area contributed by atoms with Gasteiger partial charge in [0, 0.05) is 54.5 Å². The monoisotopic (exact) mass is 542 g/mol. The van der Waals surface area contributed by atoms with E-state index in [4.69, 9.17) is 9.72 Å². The minimum absolute atomic E-state index is 0.0635. The standard InChI is InChI=1S/C30H34N6O4/c1-19-10-11-22-23(7-3-9-25(22)31-15-12-20(2)37)27(19)40-28-24(8-4-14-32-28)26-13-16-33-29(35-26)34-21-6-5-17-36(18-21)30(38)39/h3-4,7-11,13-14,16,20-21,31,37H,5-6,12,15,17-18H2,1-2H3,(H,38,39)(H,33,34,35)/t20-,21-/m0/s1. The lowest BCUT2D eigenvalue weighted by Crippen LogP contribution is -2.44. The number of likely N-dealkylation sites (tertiary alicyclic amines) is 1. The summed E-state index contributed by atoms with van der Waals surface area (Å²) in [6.07, 6.45) is 4.35. The summed E-state index contributed by atoms with van der Waals surface area (Å²) in [5, 5.41) is 27.7. The number of nitrogens with one attached hydrogen (secondary N) is 2. The van der Waals surface area contributed by atoms with E-state index >= 15 is 0 Å². The quantitative estimate of drug-likeness (QED) is 0.215. The molecule has 10 heteroatoms. The number of aliphatic hydroxyl groups is 1. The number of aromatic nitrogens is 3. The number of hydrogen-bond acceptors (Lipinski definition) is 8. The Morgan fingerprint density at radius 1 is 1.12 bits per heavy atom. The summed E-state index contributed by atoms with van der Waals surface area (Å²) < 4.78 is 6.50. The van der Waals surface area contributed by atoms with Crippen LogP contribution in [0.2, 0.25) is 0 Å². The molecule has 0 bridgehead atoms. The molecule has 5 rings (SSSR count). The molecule has 10 nitrogen and oxygen atoms in total. The lowest BCUT2D eigenvalue weighted by Gasteiger charge is -2.31. The highest BCUT2D eigenvalue weighted by Gasteiger charge is 2.24. The van der Waals surface area contributed by atoms with E-state index in [2.05, 4.69) is 26.7 Å². The number of benzene rings is 2. The van der Waals surface area contributed by atoms with Crippen molar-refractivity contribution in [3.8, 4) is 22.9 Å². The van der Waals surface area contributed by atoms with E-state index in [9.17, 15) is 15.0 Å². The fourth-order valence-corrected chi connectivity index (χ4v) is 4.94. The summed E-state index contributed by atoms with van der Waals surface area (Å²) in [6.45, 7) is 5.37. The van der Waals surface area contributed by atoms with Gasteiger partial charge >= 0.3 is 6.09 Å². The van der Waals surface area contributed by atoms with Crippen molar-refractivity contribution in [3.63, 3.8) is 0 Å². The van der Waals surface area contributed by atoms with Crippen molar-refractivity contribution in [1.82, 2.24) is 19.9 Å². The van der Waals surface area contributed by atoms with Gasteiger partial charge in [0.1, 0.15) is 5.75 Å². The van der Waals surface area contributed by atoms with Gasteiger partial charge in [-0.05, 0) is 62.9 Å². The van der Waals surface area contributed by atoms with Gasteiger partial charge in [-0.1, -0.05) is 24.3 Å². The zero-order valence-corrected chi connectivity index (χ0v) is 22.7. The number of piperidine rings is 1. The second-order valence-electron chi connectivity index (χ2n) is 10.1. The fraction of sp³-hybridized carbons (Fsp3) is 0.333. The Hall–Kier alpha value is -4.44. The van der Waals surface area contributed by atoms with Crippen molar-refractivity contribution in [1.29, 1.82) is 0 Å². The molecule has 2 aromatic heterocycles. The number of fused-ring (bicyclic) bond motifs is 1. The smallest absolute Gasteiger partial charge is 0.407 e. The van der Waals surface area contributed by atoms with Gasteiger partial charge in [-0.3, -0.25) is 0 Å². The first kappa shape index (κ1) is 27.1. The summed E-state index contributed by atoms with van der Waals surface area (Å²) in [7, 11) is 0. The number of anilines is 2. The molecule has 0 aliphatic carbocycles. The topological polar surface area (TPSA) is 133 Å². The van der Waals surface area contributed by atoms with Crippen LogP contribution >= 0.6 is 0 Å². The lowest BCUT2D eigenvalue weighted by atomic mass is 10.0. The molecule has 40 heavy (non-hydrogen) atoms. The summed E-state index contributed by atoms with van der Waals surface area (Å²) in [5.41, 5.74) is 3.30. The second-order valence-corrected chi connectivity index (χ2v) is 10.1. The summed E-state index contributed by atoms with van der Waals surface area (Å²) in [5.74, 6) is 1.56. The van der Waals surface area contributed by atoms with Gasteiger partial charge in [0.15, 0.2) is 0 Å². The molecule has 1 aliphatic heterocycles. The third-order valence-electron chi connectivity index (χ3n) is 7.01. The summed E-state index contributed by atoms with van der Waals surface area (Å²) in [6, 6.07) is 15.6. The van der Waals surface area contributed by atoms with Crippen molar-refractivity contribution in [3.05, 3.63) is 66.5 Å². The Balaban J connectivity index is 1.42. The molecule has 0 spiro atoms. The number of amides is 1. The molecule has 1 aliphatic rings. The first-order valence-electron chi connectivity index (χ1n) is 13.5. The van der Waals surface area contributed by atoms with Gasteiger partial charge in [-0.2, -0.15) is 0 Å². The van der Waals surface area contributed by atoms with Gasteiger partial charge in [0.25, 0.3) is 0 Å². The number of pyridine rings is 1. The fourth-order valence-electron chi connectivity index (χ4n) is 4.94. The third-order valence-corrected chi connectivity index (χ3v) is 7.01. The van der Waals surface area contributed by atoms with Crippen LogP contribution in [0.3, 0.4) is 0 Å². The molecule has 1 fully saturated rings. The molecule has 208 valence electrons. The van der Waals surface area contributed by atoms with Crippen LogP contribution in [0.15, 0.2) is 60.9 Å². The number of aryl methyl sites for hydroxylation is 1. The highest BCUT2D eigenvalue weighted by Crippen LogP contribution is 2.38. The van der Waals surface area contributed by atoms with E-state index in [1.54, 1.807) is 25.4 Å². The van der Waals surface area contributed by atoms with Crippen LogP contribution in [0.5, 0.6) is 11.6 Å². The Morgan fingerprint density at radius 3 is 2.83 bits per heavy atom. The number of carboxylic acid groups (broad SMARTS) is 1. The largest absolute Gasteiger partial charge is 0.465 e. The van der Waals surface area contributed by atoms with Crippen molar-refractivity contribution in [2.24, 2.45) is 0 Å². The zero-order valence-electron chi connectivity index (χ0n) is 22.7. The van der Waals surface area contributed by atoms with Gasteiger partial charge in [-0.15, -0.1) is 0 Å². The zero-order chi connectivity index (χ0) is 28.1. The van der Waals surface area contributed by atoms with Gasteiger partial charge in [-0.25, -0.2) is 19.7 Å². The maximum atomic E-state index is 11.4. The highest BCUT2D eigenvalue weighted by atomic mass is 16.5. The summed E-state index contributed by atoms with van der Waals surface area (Å²) >= 11 is 0. The van der Waals surface area contributed by atoms with Crippen molar-refractivity contribution in [2.45, 2.75) is 45.3 Å². The number of nitrogens with zero attached hydrogens (tertiary/aromatic N) is 4. The third kappa shape index (κ3) is 6.23. The molecular weight excluding hydrogens is 508 g/mol. The molecule has 3 heterocycles. The van der Waals surface area contributed by atoms with E-state index in [0.717, 1.165) is 34.9 Å². The molecule has 2 aromatic carbocycles. The number of hydrogen-bond donors (Lipinski definition) is 4. The Morgan fingerprint density at radius 2 is 2.00 bits per heavy atom. The van der Waals surface area contributed by atoms with Crippen LogP contribution in [0, 0.1) is 6.92 Å². The first-order chi connectivity index (χ1) is 19.4. The number of aliphatic hydroxyl groups excluding tert-OH is 1. The van der Waals surface area contributed by atoms with E-state index in [0.29, 0.717) is 54.9 Å². The number of carbonyl (C=O) groups is 1. The van der Waals surface area contributed by atoms with Gasteiger partial charge in [0.2, 0.25) is 11.8 Å². The molecule has 1 amide bonds. The van der Waals surface area contributed by atoms with E-state index < -0.39 is 6.09 Å². The lowest BCUT2D eigenvalue weighted by molar-refractivity contribution is 0.132. The van der Waals surface area contributed by atoms with Crippen LogP contribution < -0.4 is 15.4 Å². The molecule has 1 saturated heterocycles. The second kappa shape index (κ2) is 12.2. The summed E-state index contributed by atoms with van der Waals surface area (Å²) in [4.78, 5) is 26.5. The molecular formula is C30H34N6O4. The Bertz CT molecular complexity index is 1490. The number of rotatable bonds is 9. The molecule has 4 aromatic rings. The van der Waals surface area contributed by atoms with Crippen molar-refractivity contribution in [2.75, 3.05) is 30.3 Å². The molecule has 0 saturated carbocycles. The molecule has 0 unspecified atom stereocenters. The normalized spacial score (nSPS) is 16.0. The van der Waals surface area contributed by atoms with Crippen molar-refractivity contribution < 1.29 is 19.7 Å². The number of ether oxygens (including phenoxy) is 1. The molecule has 2 atom stereocenters. The van der Waals surface area contributed by atoms with Gasteiger partial charge < -0.3 is 30.5 Å². The highest BCUT2D eigenvalue weighted by molar-refractivity contribution is 5.98. The van der Waals surface area contributed by atoms with E-state index in [-0.39, 0.29) is 12.1 Å². The van der Waals surface area contributed by atoms with Gasteiger partial charge in [0.05, 0.1) is 17.4 Å². The van der Waals surface area contributed by atoms with Crippen molar-refractivity contribution >= 4 is 28.5 Å². The first-order valence-corrected chi connectivity index (χ1v) is 13.5. The minimum atomic E-state index is -0.912. The Kier molecular flexibility index (Phi) is 8.26. The van der Waals surface area contributed by atoms with Crippen LogP contribution in [0.1, 0.15) is 31.7 Å². The van der Waals surface area contributed by atoms with E-state index in [1.165, 1.54) is 4.90 Å². The van der Waals surface area contributed by atoms with Crippen LogP contribution in [0.25, 0.3) is 22.0 Å². The Labute approximate surface area is 233 Å². The van der Waals surface area contributed by atoms with Crippen LogP contribution in [-0.4, -0.2) is 67.9 Å².